The third-order valence-electron chi connectivity index (χ3n) is 2.72. The molecule has 0 radical (unpaired) electrons. The number of carbonyl (C=O) groups excluding carboxylic acids is 2. The molecule has 0 spiro atoms. The molecule has 3 nitrogen and oxygen atoms in total. The van der Waals surface area contributed by atoms with Gasteiger partial charge in [-0.25, -0.2) is 0 Å². The molecule has 0 atom stereocenters. The normalized spacial score (nSPS) is 10.1. The lowest BCUT2D eigenvalue weighted by Gasteiger charge is -2.09. The van der Waals surface area contributed by atoms with Gasteiger partial charge in [0.25, 0.3) is 5.91 Å². The molecular weight excluding hydrogens is 226 g/mol. The third kappa shape index (κ3) is 2.15. The molecule has 18 heavy (non-hydrogen) atoms. The fourth-order valence-electron chi connectivity index (χ4n) is 1.76. The molecule has 0 saturated carbocycles. The zero-order chi connectivity index (χ0) is 13.1. The first kappa shape index (κ1) is 12.0. The van der Waals surface area contributed by atoms with Crippen molar-refractivity contribution in [1.82, 2.24) is 0 Å². The van der Waals surface area contributed by atoms with Crippen molar-refractivity contribution in [3.05, 3.63) is 54.1 Å². The molecule has 0 unspecified atom stereocenters. The minimum atomic E-state index is -0.223. The van der Waals surface area contributed by atoms with Gasteiger partial charge in [0.05, 0.1) is 0 Å². The number of hydrogen-bond acceptors (Lipinski definition) is 2. The Balaban J connectivity index is 2.56. The highest BCUT2D eigenvalue weighted by atomic mass is 16.1. The van der Waals surface area contributed by atoms with E-state index in [1.54, 1.807) is 19.1 Å². The van der Waals surface area contributed by atoms with Gasteiger partial charge in [0.2, 0.25) is 0 Å². The molecular formula is C15H13NO2. The predicted octanol–water partition coefficient (Wildman–Crippen LogP) is 3.17. The molecule has 2 rings (SSSR count). The van der Waals surface area contributed by atoms with Crippen LogP contribution < -0.4 is 5.32 Å². The highest BCUT2D eigenvalue weighted by molar-refractivity contribution is 6.10. The van der Waals surface area contributed by atoms with Crippen LogP contribution in [0.25, 0.3) is 10.8 Å². The third-order valence-corrected chi connectivity index (χ3v) is 2.72. The van der Waals surface area contributed by atoms with Gasteiger partial charge in [0, 0.05) is 22.2 Å². The van der Waals surface area contributed by atoms with E-state index in [0.717, 1.165) is 17.1 Å². The topological polar surface area (TPSA) is 46.2 Å². The van der Waals surface area contributed by atoms with E-state index in [0.29, 0.717) is 16.8 Å². The van der Waals surface area contributed by atoms with Gasteiger partial charge in [0.15, 0.2) is 6.29 Å². The van der Waals surface area contributed by atoms with E-state index in [4.69, 9.17) is 0 Å². The molecule has 0 fully saturated rings. The number of nitrogens with one attached hydrogen (secondary N) is 1. The molecule has 1 N–H and O–H groups in total. The predicted molar refractivity (Wildman–Crippen MR) is 72.8 cm³/mol. The second-order valence-corrected chi connectivity index (χ2v) is 4.10. The summed E-state index contributed by atoms with van der Waals surface area (Å²) in [5.41, 5.74) is 1.74. The average Bonchev–Trinajstić information content (AvgIpc) is 2.39. The molecule has 0 heterocycles. The second-order valence-electron chi connectivity index (χ2n) is 4.10. The summed E-state index contributed by atoms with van der Waals surface area (Å²) in [5, 5.41) is 4.45. The van der Waals surface area contributed by atoms with Crippen LogP contribution in [0.3, 0.4) is 0 Å². The van der Waals surface area contributed by atoms with E-state index < -0.39 is 0 Å². The number of rotatable bonds is 3. The first-order valence-electron chi connectivity index (χ1n) is 5.57. The number of hydrogen-bond donors (Lipinski definition) is 1. The van der Waals surface area contributed by atoms with Crippen molar-refractivity contribution < 1.29 is 9.59 Å². The summed E-state index contributed by atoms with van der Waals surface area (Å²) >= 11 is 0. The smallest absolute Gasteiger partial charge is 0.250 e. The van der Waals surface area contributed by atoms with Crippen molar-refractivity contribution in [3.8, 4) is 0 Å². The molecule has 0 saturated heterocycles. The van der Waals surface area contributed by atoms with Crippen LogP contribution in [0, 0.1) is 0 Å². The van der Waals surface area contributed by atoms with Crippen molar-refractivity contribution in [2.45, 2.75) is 6.92 Å². The Hall–Kier alpha value is -2.42. The second kappa shape index (κ2) is 4.84. The summed E-state index contributed by atoms with van der Waals surface area (Å²) in [6, 6.07) is 10.9. The molecule has 3 heteroatoms. The summed E-state index contributed by atoms with van der Waals surface area (Å²) in [4.78, 5) is 22.6. The molecule has 2 aromatic carbocycles. The first-order valence-corrected chi connectivity index (χ1v) is 5.57. The van der Waals surface area contributed by atoms with Crippen molar-refractivity contribution in [2.75, 3.05) is 5.32 Å². The average molecular weight is 239 g/mol. The zero-order valence-electron chi connectivity index (χ0n) is 10.1. The van der Waals surface area contributed by atoms with Gasteiger partial charge in [-0.3, -0.25) is 9.59 Å². The van der Waals surface area contributed by atoms with Crippen molar-refractivity contribution >= 4 is 28.7 Å². The lowest BCUT2D eigenvalue weighted by atomic mass is 10.0. The Morgan fingerprint density at radius 3 is 2.44 bits per heavy atom. The van der Waals surface area contributed by atoms with Crippen molar-refractivity contribution in [3.63, 3.8) is 0 Å². The van der Waals surface area contributed by atoms with Crippen LogP contribution in [0.15, 0.2) is 48.6 Å². The van der Waals surface area contributed by atoms with Crippen LogP contribution in [0.4, 0.5) is 5.69 Å². The van der Waals surface area contributed by atoms with Crippen LogP contribution in [0.2, 0.25) is 0 Å². The molecule has 0 aliphatic heterocycles. The molecule has 0 aromatic heterocycles. The van der Waals surface area contributed by atoms with Crippen molar-refractivity contribution in [1.29, 1.82) is 0 Å². The maximum atomic E-state index is 11.6. The van der Waals surface area contributed by atoms with E-state index >= 15 is 0 Å². The summed E-state index contributed by atoms with van der Waals surface area (Å²) in [6.45, 7) is 5.25. The maximum absolute atomic E-state index is 11.6. The van der Waals surface area contributed by atoms with Crippen LogP contribution in [0.1, 0.15) is 17.3 Å². The molecule has 2 aromatic rings. The number of aldehydes is 1. The highest BCUT2D eigenvalue weighted by Gasteiger charge is 2.08. The molecule has 90 valence electrons. The van der Waals surface area contributed by atoms with Gasteiger partial charge in [-0.05, 0) is 24.4 Å². The van der Waals surface area contributed by atoms with Gasteiger partial charge in [0.1, 0.15) is 0 Å². The van der Waals surface area contributed by atoms with Gasteiger partial charge in [-0.15, -0.1) is 0 Å². The molecule has 0 bridgehead atoms. The summed E-state index contributed by atoms with van der Waals surface area (Å²) in [7, 11) is 0. The lowest BCUT2D eigenvalue weighted by molar-refractivity contribution is -0.112. The summed E-state index contributed by atoms with van der Waals surface area (Å²) in [6.07, 6.45) is 0.812. The van der Waals surface area contributed by atoms with E-state index in [9.17, 15) is 9.59 Å². The fourth-order valence-corrected chi connectivity index (χ4v) is 1.76. The first-order chi connectivity index (χ1) is 8.63. The SMILES string of the molecule is C=C(C)C(=O)Nc1ccc(C=O)c2ccccc12. The Bertz CT molecular complexity index is 644. The maximum Gasteiger partial charge on any atom is 0.250 e. The molecule has 0 aliphatic carbocycles. The highest BCUT2D eigenvalue weighted by Crippen LogP contribution is 2.26. The van der Waals surface area contributed by atoms with Gasteiger partial charge in [-0.2, -0.15) is 0 Å². The minimum Gasteiger partial charge on any atom is -0.322 e. The number of carbonyl (C=O) groups is 2. The van der Waals surface area contributed by atoms with E-state index in [1.165, 1.54) is 0 Å². The van der Waals surface area contributed by atoms with Crippen LogP contribution in [-0.4, -0.2) is 12.2 Å². The van der Waals surface area contributed by atoms with E-state index in [-0.39, 0.29) is 5.91 Å². The fraction of sp³-hybridized carbons (Fsp3) is 0.0667. The van der Waals surface area contributed by atoms with Crippen molar-refractivity contribution in [2.24, 2.45) is 0 Å². The van der Waals surface area contributed by atoms with Gasteiger partial charge < -0.3 is 5.32 Å². The van der Waals surface area contributed by atoms with Gasteiger partial charge >= 0.3 is 0 Å². The summed E-state index contributed by atoms with van der Waals surface area (Å²) < 4.78 is 0. The Morgan fingerprint density at radius 2 is 1.83 bits per heavy atom. The Morgan fingerprint density at radius 1 is 1.17 bits per heavy atom. The Labute approximate surface area is 105 Å². The molecule has 0 aliphatic rings. The van der Waals surface area contributed by atoms with E-state index in [1.807, 2.05) is 24.3 Å². The standard InChI is InChI=1S/C15H13NO2/c1-10(2)15(18)16-14-8-7-11(9-17)12-5-3-4-6-13(12)14/h3-9H,1H2,2H3,(H,16,18). The van der Waals surface area contributed by atoms with Crippen LogP contribution in [0.5, 0.6) is 0 Å². The Kier molecular flexibility index (Phi) is 3.24. The van der Waals surface area contributed by atoms with Gasteiger partial charge in [-0.1, -0.05) is 30.8 Å². The number of amides is 1. The lowest BCUT2D eigenvalue weighted by Crippen LogP contribution is -2.12. The zero-order valence-corrected chi connectivity index (χ0v) is 10.1. The van der Waals surface area contributed by atoms with Crippen LogP contribution >= 0.6 is 0 Å². The monoisotopic (exact) mass is 239 g/mol. The number of anilines is 1. The minimum absolute atomic E-state index is 0.223. The molecule has 1 amide bonds. The largest absolute Gasteiger partial charge is 0.322 e. The number of benzene rings is 2. The summed E-state index contributed by atoms with van der Waals surface area (Å²) in [5.74, 6) is -0.223. The van der Waals surface area contributed by atoms with Crippen LogP contribution in [-0.2, 0) is 4.79 Å². The van der Waals surface area contributed by atoms with E-state index in [2.05, 4.69) is 11.9 Å². The quantitative estimate of drug-likeness (QED) is 0.660. The number of fused-ring (bicyclic) bond motifs is 1.